The van der Waals surface area contributed by atoms with Crippen molar-refractivity contribution >= 4 is 10.9 Å². The van der Waals surface area contributed by atoms with Crippen LogP contribution in [0.2, 0.25) is 0 Å². The normalized spacial score (nSPS) is 10.2. The summed E-state index contributed by atoms with van der Waals surface area (Å²) in [6, 6.07) is 15.7. The molecule has 100 valence electrons. The first-order valence-corrected chi connectivity index (χ1v) is 6.39. The lowest BCUT2D eigenvalue weighted by Crippen LogP contribution is -2.01. The first kappa shape index (κ1) is 12.9. The van der Waals surface area contributed by atoms with Gasteiger partial charge in [-0.05, 0) is 42.0 Å². The second-order valence-electron chi connectivity index (χ2n) is 4.71. The molecule has 0 aliphatic rings. The van der Waals surface area contributed by atoms with Gasteiger partial charge in [-0.2, -0.15) is 10.5 Å². The van der Waals surface area contributed by atoms with Gasteiger partial charge in [0.25, 0.3) is 0 Å². The van der Waals surface area contributed by atoms with E-state index in [0.29, 0.717) is 23.2 Å². The standard InChI is InChI=1S/C17H10FN3/c18-15-5-4-12(9-19)14(8-15)11-21-7-6-16-13(10-20)2-1-3-17(16)21/h1-8H,11H2. The first-order chi connectivity index (χ1) is 10.2. The van der Waals surface area contributed by atoms with Crippen LogP contribution in [0.1, 0.15) is 16.7 Å². The summed E-state index contributed by atoms with van der Waals surface area (Å²) >= 11 is 0. The van der Waals surface area contributed by atoms with Gasteiger partial charge in [0.05, 0.1) is 23.3 Å². The summed E-state index contributed by atoms with van der Waals surface area (Å²) in [5.41, 5.74) is 2.57. The highest BCUT2D eigenvalue weighted by Crippen LogP contribution is 2.22. The number of nitrogens with zero attached hydrogens (tertiary/aromatic N) is 3. The lowest BCUT2D eigenvalue weighted by Gasteiger charge is -2.08. The monoisotopic (exact) mass is 275 g/mol. The molecule has 0 saturated heterocycles. The van der Waals surface area contributed by atoms with Crippen LogP contribution in [0, 0.1) is 28.5 Å². The minimum atomic E-state index is -0.363. The molecule has 0 radical (unpaired) electrons. The molecule has 21 heavy (non-hydrogen) atoms. The summed E-state index contributed by atoms with van der Waals surface area (Å²) in [5.74, 6) is -0.363. The highest BCUT2D eigenvalue weighted by atomic mass is 19.1. The van der Waals surface area contributed by atoms with Gasteiger partial charge < -0.3 is 4.57 Å². The zero-order valence-electron chi connectivity index (χ0n) is 11.0. The Kier molecular flexibility index (Phi) is 3.14. The molecule has 3 aromatic rings. The average Bonchev–Trinajstić information content (AvgIpc) is 2.91. The Bertz CT molecular complexity index is 910. The van der Waals surface area contributed by atoms with Crippen molar-refractivity contribution in [3.05, 3.63) is 71.2 Å². The van der Waals surface area contributed by atoms with E-state index in [-0.39, 0.29) is 5.82 Å². The van der Waals surface area contributed by atoms with Crippen molar-refractivity contribution in [3.63, 3.8) is 0 Å². The quantitative estimate of drug-likeness (QED) is 0.717. The van der Waals surface area contributed by atoms with Gasteiger partial charge in [-0.15, -0.1) is 0 Å². The molecule has 0 fully saturated rings. The number of nitriles is 2. The minimum absolute atomic E-state index is 0.363. The number of fused-ring (bicyclic) bond motifs is 1. The largest absolute Gasteiger partial charge is 0.343 e. The van der Waals surface area contributed by atoms with Crippen LogP contribution in [0.25, 0.3) is 10.9 Å². The number of hydrogen-bond acceptors (Lipinski definition) is 2. The number of rotatable bonds is 2. The third-order valence-electron chi connectivity index (χ3n) is 3.46. The highest BCUT2D eigenvalue weighted by molar-refractivity contribution is 5.86. The van der Waals surface area contributed by atoms with Crippen molar-refractivity contribution in [2.45, 2.75) is 6.54 Å². The minimum Gasteiger partial charge on any atom is -0.343 e. The van der Waals surface area contributed by atoms with E-state index < -0.39 is 0 Å². The fraction of sp³-hybridized carbons (Fsp3) is 0.0588. The van der Waals surface area contributed by atoms with E-state index >= 15 is 0 Å². The summed E-state index contributed by atoms with van der Waals surface area (Å²) < 4.78 is 15.3. The first-order valence-electron chi connectivity index (χ1n) is 6.39. The molecule has 0 amide bonds. The van der Waals surface area contributed by atoms with E-state index in [1.807, 2.05) is 29.0 Å². The van der Waals surface area contributed by atoms with Gasteiger partial charge in [0.2, 0.25) is 0 Å². The maximum Gasteiger partial charge on any atom is 0.123 e. The molecule has 4 heteroatoms. The van der Waals surface area contributed by atoms with Crippen LogP contribution in [0.5, 0.6) is 0 Å². The van der Waals surface area contributed by atoms with Crippen molar-refractivity contribution in [2.24, 2.45) is 0 Å². The van der Waals surface area contributed by atoms with Crippen LogP contribution in [0.3, 0.4) is 0 Å². The van der Waals surface area contributed by atoms with E-state index in [0.717, 1.165) is 10.9 Å². The molecular weight excluding hydrogens is 265 g/mol. The van der Waals surface area contributed by atoms with Gasteiger partial charge in [0, 0.05) is 23.6 Å². The molecule has 0 saturated carbocycles. The molecule has 3 nitrogen and oxygen atoms in total. The summed E-state index contributed by atoms with van der Waals surface area (Å²) in [4.78, 5) is 0. The summed E-state index contributed by atoms with van der Waals surface area (Å²) in [6.45, 7) is 0.388. The Morgan fingerprint density at radius 2 is 1.81 bits per heavy atom. The fourth-order valence-corrected chi connectivity index (χ4v) is 2.44. The molecule has 0 aliphatic heterocycles. The molecule has 1 aromatic heterocycles. The Balaban J connectivity index is 2.10. The van der Waals surface area contributed by atoms with Gasteiger partial charge in [-0.3, -0.25) is 0 Å². The molecule has 1 heterocycles. The maximum atomic E-state index is 13.4. The Morgan fingerprint density at radius 1 is 1.00 bits per heavy atom. The predicted octanol–water partition coefficient (Wildman–Crippen LogP) is 3.57. The highest BCUT2D eigenvalue weighted by Gasteiger charge is 2.09. The van der Waals surface area contributed by atoms with Crippen LogP contribution in [-0.4, -0.2) is 4.57 Å². The molecule has 0 aliphatic carbocycles. The van der Waals surface area contributed by atoms with E-state index in [1.165, 1.54) is 18.2 Å². The molecule has 2 aromatic carbocycles. The van der Waals surface area contributed by atoms with Crippen LogP contribution >= 0.6 is 0 Å². The molecule has 0 unspecified atom stereocenters. The zero-order valence-corrected chi connectivity index (χ0v) is 11.0. The Labute approximate surface area is 121 Å². The van der Waals surface area contributed by atoms with Crippen LogP contribution in [0.4, 0.5) is 4.39 Å². The second kappa shape index (κ2) is 5.11. The number of hydrogen-bond donors (Lipinski definition) is 0. The van der Waals surface area contributed by atoms with E-state index in [9.17, 15) is 4.39 Å². The number of halogens is 1. The van der Waals surface area contributed by atoms with Gasteiger partial charge >= 0.3 is 0 Å². The van der Waals surface area contributed by atoms with Crippen molar-refractivity contribution in [3.8, 4) is 12.1 Å². The molecule has 0 N–H and O–H groups in total. The number of aromatic nitrogens is 1. The number of benzene rings is 2. The SMILES string of the molecule is N#Cc1ccc(F)cc1Cn1ccc2c(C#N)cccc21. The average molecular weight is 275 g/mol. The van der Waals surface area contributed by atoms with E-state index in [1.54, 1.807) is 6.07 Å². The van der Waals surface area contributed by atoms with Crippen LogP contribution < -0.4 is 0 Å². The zero-order chi connectivity index (χ0) is 14.8. The summed E-state index contributed by atoms with van der Waals surface area (Å²) in [5, 5.41) is 19.1. The lowest BCUT2D eigenvalue weighted by atomic mass is 10.1. The lowest BCUT2D eigenvalue weighted by molar-refractivity contribution is 0.623. The Hall–Kier alpha value is -3.11. The summed E-state index contributed by atoms with van der Waals surface area (Å²) in [6.07, 6.45) is 1.84. The van der Waals surface area contributed by atoms with Crippen LogP contribution in [0.15, 0.2) is 48.7 Å². The summed E-state index contributed by atoms with van der Waals surface area (Å²) in [7, 11) is 0. The third kappa shape index (κ3) is 2.24. The Morgan fingerprint density at radius 3 is 2.57 bits per heavy atom. The molecule has 0 atom stereocenters. The van der Waals surface area contributed by atoms with Crippen molar-refractivity contribution in [2.75, 3.05) is 0 Å². The third-order valence-corrected chi connectivity index (χ3v) is 3.46. The molecule has 3 rings (SSSR count). The van der Waals surface area contributed by atoms with Gasteiger partial charge in [-0.1, -0.05) is 6.07 Å². The van der Waals surface area contributed by atoms with Crippen molar-refractivity contribution < 1.29 is 4.39 Å². The van der Waals surface area contributed by atoms with Crippen LogP contribution in [-0.2, 0) is 6.54 Å². The molecule has 0 spiro atoms. The van der Waals surface area contributed by atoms with Crippen molar-refractivity contribution in [1.82, 2.24) is 4.57 Å². The predicted molar refractivity (Wildman–Crippen MR) is 76.9 cm³/mol. The van der Waals surface area contributed by atoms with E-state index in [4.69, 9.17) is 10.5 Å². The topological polar surface area (TPSA) is 52.5 Å². The van der Waals surface area contributed by atoms with Crippen molar-refractivity contribution in [1.29, 1.82) is 10.5 Å². The fourth-order valence-electron chi connectivity index (χ4n) is 2.44. The van der Waals surface area contributed by atoms with Gasteiger partial charge in [0.1, 0.15) is 5.82 Å². The van der Waals surface area contributed by atoms with Gasteiger partial charge in [0.15, 0.2) is 0 Å². The smallest absolute Gasteiger partial charge is 0.123 e. The van der Waals surface area contributed by atoms with Gasteiger partial charge in [-0.25, -0.2) is 4.39 Å². The molecular formula is C17H10FN3. The van der Waals surface area contributed by atoms with E-state index in [2.05, 4.69) is 12.1 Å². The molecule has 0 bridgehead atoms. The second-order valence-corrected chi connectivity index (χ2v) is 4.71. The maximum absolute atomic E-state index is 13.4.